The molecule has 0 aliphatic rings. The van der Waals surface area contributed by atoms with E-state index in [1.807, 2.05) is 36.4 Å². The Balaban J connectivity index is 1.56. The maximum atomic E-state index is 13.9. The number of halogens is 1. The lowest BCUT2D eigenvalue weighted by Crippen LogP contribution is -2.39. The highest BCUT2D eigenvalue weighted by Crippen LogP contribution is 2.29. The van der Waals surface area contributed by atoms with E-state index in [4.69, 9.17) is 5.26 Å². The fraction of sp³-hybridized carbons (Fsp3) is 0.200. The normalized spacial score (nSPS) is 12.6. The fourth-order valence-electron chi connectivity index (χ4n) is 2.62. The van der Waals surface area contributed by atoms with E-state index >= 15 is 0 Å². The molecule has 0 radical (unpaired) electrons. The molecule has 0 aliphatic carbocycles. The van der Waals surface area contributed by atoms with Crippen LogP contribution in [0.5, 0.6) is 0 Å². The van der Waals surface area contributed by atoms with E-state index in [9.17, 15) is 9.50 Å². The van der Waals surface area contributed by atoms with Crippen LogP contribution < -0.4 is 10.6 Å². The number of nitrogens with zero attached hydrogens (tertiary/aromatic N) is 2. The summed E-state index contributed by atoms with van der Waals surface area (Å²) in [6, 6.07) is 16.2. The highest BCUT2D eigenvalue weighted by atomic mass is 32.1. The van der Waals surface area contributed by atoms with Crippen molar-refractivity contribution in [1.29, 1.82) is 5.26 Å². The Hall–Kier alpha value is -2.95. The molecule has 27 heavy (non-hydrogen) atoms. The fourth-order valence-corrected chi connectivity index (χ4v) is 3.67. The van der Waals surface area contributed by atoms with Crippen molar-refractivity contribution in [3.05, 3.63) is 70.4 Å². The van der Waals surface area contributed by atoms with Crippen LogP contribution in [0, 0.1) is 17.1 Å². The summed E-state index contributed by atoms with van der Waals surface area (Å²) in [5.41, 5.74) is 0.715. The topological polar surface area (TPSA) is 80.4 Å². The smallest absolute Gasteiger partial charge is 0.191 e. The first-order valence-electron chi connectivity index (χ1n) is 8.40. The van der Waals surface area contributed by atoms with Gasteiger partial charge in [0.05, 0.1) is 11.6 Å². The number of aliphatic hydroxyl groups is 1. The molecule has 0 bridgehead atoms. The number of thiophene rings is 1. The van der Waals surface area contributed by atoms with E-state index < -0.39 is 11.9 Å². The molecule has 0 saturated carbocycles. The molecule has 3 rings (SSSR count). The number of nitrogens with one attached hydrogen (secondary N) is 2. The highest BCUT2D eigenvalue weighted by Gasteiger charge is 2.12. The van der Waals surface area contributed by atoms with Gasteiger partial charge >= 0.3 is 0 Å². The van der Waals surface area contributed by atoms with Crippen LogP contribution in [0.15, 0.2) is 53.5 Å². The molecular weight excluding hydrogens is 363 g/mol. The third-order valence-electron chi connectivity index (χ3n) is 4.09. The summed E-state index contributed by atoms with van der Waals surface area (Å²) in [5.74, 6) is 0.0150. The van der Waals surface area contributed by atoms with Gasteiger partial charge in [0.25, 0.3) is 0 Å². The van der Waals surface area contributed by atoms with E-state index in [2.05, 4.69) is 15.6 Å². The Bertz CT molecular complexity index is 976. The van der Waals surface area contributed by atoms with E-state index in [0.29, 0.717) is 11.5 Å². The maximum absolute atomic E-state index is 13.9. The number of guanidine groups is 1. The van der Waals surface area contributed by atoms with Crippen LogP contribution in [-0.2, 0) is 6.54 Å². The number of nitriles is 1. The van der Waals surface area contributed by atoms with Crippen molar-refractivity contribution >= 4 is 27.4 Å². The van der Waals surface area contributed by atoms with Gasteiger partial charge in [0.1, 0.15) is 11.9 Å². The van der Waals surface area contributed by atoms with E-state index in [0.717, 1.165) is 15.0 Å². The lowest BCUT2D eigenvalue weighted by Gasteiger charge is -2.15. The van der Waals surface area contributed by atoms with E-state index in [1.165, 1.54) is 6.07 Å². The predicted molar refractivity (Wildman–Crippen MR) is 106 cm³/mol. The number of benzene rings is 2. The second kappa shape index (κ2) is 8.62. The lowest BCUT2D eigenvalue weighted by atomic mass is 10.1. The Labute approximate surface area is 160 Å². The Kier molecular flexibility index (Phi) is 6.01. The van der Waals surface area contributed by atoms with Crippen molar-refractivity contribution in [1.82, 2.24) is 10.6 Å². The molecule has 0 aliphatic heterocycles. The maximum Gasteiger partial charge on any atom is 0.191 e. The summed E-state index contributed by atoms with van der Waals surface area (Å²) in [4.78, 5) is 4.96. The van der Waals surface area contributed by atoms with Crippen LogP contribution in [0.4, 0.5) is 4.39 Å². The molecule has 5 nitrogen and oxygen atoms in total. The number of aliphatic imine (C=N–C) groups is 1. The minimum atomic E-state index is -0.674. The summed E-state index contributed by atoms with van der Waals surface area (Å²) in [5, 5.41) is 26.4. The summed E-state index contributed by atoms with van der Waals surface area (Å²) >= 11 is 1.55. The highest BCUT2D eigenvalue weighted by molar-refractivity contribution is 7.19. The van der Waals surface area contributed by atoms with Crippen molar-refractivity contribution in [2.75, 3.05) is 13.6 Å². The zero-order valence-corrected chi connectivity index (χ0v) is 15.6. The second-order valence-electron chi connectivity index (χ2n) is 5.93. The van der Waals surface area contributed by atoms with Crippen molar-refractivity contribution < 1.29 is 9.50 Å². The molecule has 1 aromatic heterocycles. The van der Waals surface area contributed by atoms with Crippen LogP contribution in [0.25, 0.3) is 10.1 Å². The average molecular weight is 382 g/mol. The van der Waals surface area contributed by atoms with Crippen molar-refractivity contribution in [2.45, 2.75) is 12.6 Å². The largest absolute Gasteiger partial charge is 0.386 e. The molecule has 138 valence electrons. The predicted octanol–water partition coefficient (Wildman–Crippen LogP) is 3.31. The van der Waals surface area contributed by atoms with Crippen LogP contribution in [-0.4, -0.2) is 24.7 Å². The lowest BCUT2D eigenvalue weighted by molar-refractivity contribution is 0.184. The Morgan fingerprint density at radius 3 is 2.78 bits per heavy atom. The van der Waals surface area contributed by atoms with Gasteiger partial charge in [0, 0.05) is 35.3 Å². The zero-order chi connectivity index (χ0) is 19.2. The Morgan fingerprint density at radius 1 is 1.26 bits per heavy atom. The van der Waals surface area contributed by atoms with Gasteiger partial charge in [0.2, 0.25) is 0 Å². The average Bonchev–Trinajstić information content (AvgIpc) is 3.13. The minimum absolute atomic E-state index is 0.218. The van der Waals surface area contributed by atoms with Gasteiger partial charge in [-0.3, -0.25) is 4.99 Å². The molecule has 0 fully saturated rings. The minimum Gasteiger partial charge on any atom is -0.386 e. The van der Waals surface area contributed by atoms with E-state index in [1.54, 1.807) is 30.5 Å². The SMILES string of the molecule is CN=C(NCc1ccc(C#N)cc1F)NCC(O)c1cc2ccccc2s1. The summed E-state index contributed by atoms with van der Waals surface area (Å²) in [6.45, 7) is 0.499. The van der Waals surface area contributed by atoms with Gasteiger partial charge in [-0.25, -0.2) is 4.39 Å². The number of rotatable bonds is 5. The van der Waals surface area contributed by atoms with E-state index in [-0.39, 0.29) is 18.7 Å². The van der Waals surface area contributed by atoms with Crippen LogP contribution in [0.3, 0.4) is 0 Å². The van der Waals surface area contributed by atoms with Crippen LogP contribution in [0.2, 0.25) is 0 Å². The molecule has 3 N–H and O–H groups in total. The van der Waals surface area contributed by atoms with Gasteiger partial charge in [-0.05, 0) is 29.7 Å². The molecule has 0 saturated heterocycles. The molecule has 7 heteroatoms. The second-order valence-corrected chi connectivity index (χ2v) is 7.04. The first-order chi connectivity index (χ1) is 13.1. The van der Waals surface area contributed by atoms with Gasteiger partial charge in [-0.1, -0.05) is 24.3 Å². The van der Waals surface area contributed by atoms with Gasteiger partial charge < -0.3 is 15.7 Å². The Morgan fingerprint density at radius 2 is 2.07 bits per heavy atom. The molecule has 0 spiro atoms. The number of aliphatic hydroxyl groups excluding tert-OH is 1. The molecule has 1 atom stereocenters. The molecule has 1 unspecified atom stereocenters. The van der Waals surface area contributed by atoms with Crippen LogP contribution in [0.1, 0.15) is 22.1 Å². The van der Waals surface area contributed by atoms with Gasteiger partial charge in [0.15, 0.2) is 5.96 Å². The monoisotopic (exact) mass is 382 g/mol. The first-order valence-corrected chi connectivity index (χ1v) is 9.22. The number of hydrogen-bond acceptors (Lipinski definition) is 4. The van der Waals surface area contributed by atoms with Gasteiger partial charge in [-0.15, -0.1) is 11.3 Å². The molecule has 3 aromatic rings. The van der Waals surface area contributed by atoms with Gasteiger partial charge in [-0.2, -0.15) is 5.26 Å². The number of fused-ring (bicyclic) bond motifs is 1. The zero-order valence-electron chi connectivity index (χ0n) is 14.7. The molecular formula is C20H19FN4OS. The molecule has 2 aromatic carbocycles. The quantitative estimate of drug-likeness (QED) is 0.467. The van der Waals surface area contributed by atoms with Crippen molar-refractivity contribution in [2.24, 2.45) is 4.99 Å². The molecule has 1 heterocycles. The summed E-state index contributed by atoms with van der Waals surface area (Å²) in [6.07, 6.45) is -0.674. The summed E-state index contributed by atoms with van der Waals surface area (Å²) < 4.78 is 15.1. The third-order valence-corrected chi connectivity index (χ3v) is 5.31. The van der Waals surface area contributed by atoms with Crippen LogP contribution >= 0.6 is 11.3 Å². The molecule has 0 amide bonds. The standard InChI is InChI=1S/C20H19FN4OS/c1-23-20(24-11-15-7-6-13(10-22)8-16(15)21)25-12-17(26)19-9-14-4-2-3-5-18(14)27-19/h2-9,17,26H,11-12H2,1H3,(H2,23,24,25). The third kappa shape index (κ3) is 4.61. The number of hydrogen-bond donors (Lipinski definition) is 3. The van der Waals surface area contributed by atoms with Crippen molar-refractivity contribution in [3.8, 4) is 6.07 Å². The summed E-state index contributed by atoms with van der Waals surface area (Å²) in [7, 11) is 1.61. The van der Waals surface area contributed by atoms with Crippen molar-refractivity contribution in [3.63, 3.8) is 0 Å². The first kappa shape index (κ1) is 18.8.